The SMILES string of the molecule is C1=CC(n2c3ccc(-c4ccccc4)cc3c3cc(-c4ccccc4)ccc32)CC2=C1c1ccc(-c3nc4ccccc4nc3-c3ccc4c(c3)C3(c5ccccc5-c5ccccc53)c3cc(-n5c6ccc(-c7ccccc7)cc6c6cc(-c7ccccc7)ccc65)ccc3-4)cc1C21c2ccccc2-c2ccccc21. The molecule has 0 fully saturated rings. The van der Waals surface area contributed by atoms with Gasteiger partial charge in [0.1, 0.15) is 0 Å². The third kappa shape index (κ3) is 8.50. The van der Waals surface area contributed by atoms with Crippen LogP contribution in [0.15, 0.2) is 388 Å². The van der Waals surface area contributed by atoms with Crippen molar-refractivity contribution in [3.63, 3.8) is 0 Å². The molecule has 5 aliphatic carbocycles. The summed E-state index contributed by atoms with van der Waals surface area (Å²) in [6.07, 6.45) is 5.78. The molecule has 3 aromatic heterocycles. The van der Waals surface area contributed by atoms with Crippen molar-refractivity contribution in [3.05, 3.63) is 432 Å². The lowest BCUT2D eigenvalue weighted by molar-refractivity contribution is 0.587. The van der Waals surface area contributed by atoms with Gasteiger partial charge in [0.15, 0.2) is 0 Å². The Morgan fingerprint density at radius 3 is 1.04 bits per heavy atom. The molecule has 5 aliphatic rings. The normalized spacial score (nSPS) is 14.9. The van der Waals surface area contributed by atoms with Crippen LogP contribution in [0.5, 0.6) is 0 Å². The van der Waals surface area contributed by atoms with Gasteiger partial charge in [-0.1, -0.05) is 297 Å². The van der Waals surface area contributed by atoms with Crippen molar-refractivity contribution in [2.75, 3.05) is 0 Å². The molecule has 1 atom stereocenters. The highest BCUT2D eigenvalue weighted by Crippen LogP contribution is 2.67. The number of para-hydroxylation sites is 2. The highest BCUT2D eigenvalue weighted by Gasteiger charge is 2.55. The number of rotatable bonds is 8. The zero-order chi connectivity index (χ0) is 71.9. The molecule has 0 bridgehead atoms. The Labute approximate surface area is 636 Å². The molecule has 510 valence electrons. The molecule has 19 aromatic rings. The summed E-state index contributed by atoms with van der Waals surface area (Å²) in [4.78, 5) is 11.7. The molecule has 0 aliphatic heterocycles. The molecule has 0 amide bonds. The fourth-order valence-corrected chi connectivity index (χ4v) is 20.5. The Morgan fingerprint density at radius 2 is 0.591 bits per heavy atom. The lowest BCUT2D eigenvalue weighted by Crippen LogP contribution is -2.29. The first-order valence-electron chi connectivity index (χ1n) is 38.4. The number of benzene rings is 16. The van der Waals surface area contributed by atoms with Crippen molar-refractivity contribution in [1.29, 1.82) is 0 Å². The molecular formula is C106H66N4. The van der Waals surface area contributed by atoms with Gasteiger partial charge in [0, 0.05) is 49.4 Å². The first-order chi connectivity index (χ1) is 54.5. The van der Waals surface area contributed by atoms with Gasteiger partial charge < -0.3 is 9.13 Å². The van der Waals surface area contributed by atoms with Crippen LogP contribution in [0.25, 0.3) is 166 Å². The summed E-state index contributed by atoms with van der Waals surface area (Å²) in [6, 6.07) is 139. The fourth-order valence-electron chi connectivity index (χ4n) is 20.5. The van der Waals surface area contributed by atoms with Crippen LogP contribution in [0, 0.1) is 0 Å². The maximum Gasteiger partial charge on any atom is 0.0973 e. The molecule has 4 nitrogen and oxygen atoms in total. The van der Waals surface area contributed by atoms with Gasteiger partial charge in [-0.3, -0.25) is 0 Å². The average Bonchev–Trinajstić information content (AvgIpc) is 1.51. The molecule has 2 spiro atoms. The predicted octanol–water partition coefficient (Wildman–Crippen LogP) is 26.5. The minimum atomic E-state index is -0.692. The molecule has 24 rings (SSSR count). The van der Waals surface area contributed by atoms with E-state index in [0.29, 0.717) is 0 Å². The standard InChI is InChI=1S/C106H66N4/c1-5-23-65(24-6-1)69-43-53-99-85(57-69)86-58-70(66-25-7-2-8-26-66)44-54-100(86)109(99)75-47-51-83-81-49-41-73(61-93(81)105(95(83)63-75)89-35-17-13-31-77(89)78-32-14-18-36-90(78)105)103-104(108-98-40-22-21-39-97(98)107-103)74-42-50-82-84-52-48-76(64-96(84)106(94(82)62-74)91-37-19-15-33-79(91)80-34-16-20-38-92(80)106)110-101-55-45-71(67-27-9-3-10-28-67)59-87(101)88-60-72(46-56-102(88)110)68-29-11-4-12-30-68/h1-63,76H,64H2. The van der Waals surface area contributed by atoms with Gasteiger partial charge in [-0.05, 0) is 225 Å². The summed E-state index contributed by atoms with van der Waals surface area (Å²) in [5.41, 5.74) is 40.2. The molecule has 3 heterocycles. The van der Waals surface area contributed by atoms with Crippen LogP contribution < -0.4 is 0 Å². The summed E-state index contributed by atoms with van der Waals surface area (Å²) in [6.45, 7) is 0. The van der Waals surface area contributed by atoms with E-state index in [1.54, 1.807) is 0 Å². The van der Waals surface area contributed by atoms with Gasteiger partial charge in [0.2, 0.25) is 0 Å². The van der Waals surface area contributed by atoms with Gasteiger partial charge in [0.05, 0.1) is 50.3 Å². The Morgan fingerprint density at radius 1 is 0.255 bits per heavy atom. The molecule has 0 N–H and O–H groups in total. The zero-order valence-corrected chi connectivity index (χ0v) is 59.9. The van der Waals surface area contributed by atoms with Crippen molar-refractivity contribution in [1.82, 2.24) is 19.1 Å². The third-order valence-corrected chi connectivity index (χ3v) is 25.1. The second-order valence-corrected chi connectivity index (χ2v) is 30.5. The molecule has 0 saturated carbocycles. The van der Waals surface area contributed by atoms with Crippen LogP contribution in [0.4, 0.5) is 0 Å². The summed E-state index contributed by atoms with van der Waals surface area (Å²) in [7, 11) is 0. The summed E-state index contributed by atoms with van der Waals surface area (Å²) in [5, 5.41) is 4.95. The number of allylic oxidation sites excluding steroid dienone is 4. The maximum absolute atomic E-state index is 5.83. The van der Waals surface area contributed by atoms with E-state index in [1.165, 1.54) is 166 Å². The first kappa shape index (κ1) is 61.1. The summed E-state index contributed by atoms with van der Waals surface area (Å²) < 4.78 is 5.16. The highest BCUT2D eigenvalue weighted by atomic mass is 15.0. The molecule has 4 heteroatoms. The number of hydrogen-bond acceptors (Lipinski definition) is 2. The molecule has 0 saturated heterocycles. The quantitative estimate of drug-likeness (QED) is 0.152. The minimum Gasteiger partial charge on any atom is -0.333 e. The van der Waals surface area contributed by atoms with Gasteiger partial charge in [-0.15, -0.1) is 0 Å². The van der Waals surface area contributed by atoms with E-state index in [2.05, 4.69) is 391 Å². The summed E-state index contributed by atoms with van der Waals surface area (Å²) >= 11 is 0. The average molecular weight is 1400 g/mol. The van der Waals surface area contributed by atoms with Gasteiger partial charge in [-0.25, -0.2) is 9.97 Å². The van der Waals surface area contributed by atoms with E-state index in [0.717, 1.165) is 56.7 Å². The van der Waals surface area contributed by atoms with Crippen LogP contribution in [0.1, 0.15) is 57.0 Å². The number of fused-ring (bicyclic) bond motifs is 26. The second-order valence-electron chi connectivity index (χ2n) is 30.5. The second kappa shape index (κ2) is 23.2. The van der Waals surface area contributed by atoms with Crippen LogP contribution in [0.2, 0.25) is 0 Å². The lowest BCUT2D eigenvalue weighted by atomic mass is 9.67. The number of aromatic nitrogens is 4. The van der Waals surface area contributed by atoms with E-state index in [-0.39, 0.29) is 6.04 Å². The van der Waals surface area contributed by atoms with Crippen molar-refractivity contribution in [2.45, 2.75) is 23.3 Å². The topological polar surface area (TPSA) is 35.6 Å². The molecule has 1 unspecified atom stereocenters. The Bertz CT molecular complexity index is 6950. The number of nitrogens with zero attached hydrogens (tertiary/aromatic N) is 4. The monoisotopic (exact) mass is 1390 g/mol. The van der Waals surface area contributed by atoms with Crippen LogP contribution in [-0.2, 0) is 10.8 Å². The van der Waals surface area contributed by atoms with Gasteiger partial charge in [-0.2, -0.15) is 0 Å². The van der Waals surface area contributed by atoms with Crippen LogP contribution in [0.3, 0.4) is 0 Å². The van der Waals surface area contributed by atoms with E-state index >= 15 is 0 Å². The predicted molar refractivity (Wildman–Crippen MR) is 454 cm³/mol. The van der Waals surface area contributed by atoms with Crippen molar-refractivity contribution in [2.24, 2.45) is 0 Å². The minimum absolute atomic E-state index is 0.00174. The Hall–Kier alpha value is -14.1. The number of hydrogen-bond donors (Lipinski definition) is 0. The van der Waals surface area contributed by atoms with Crippen molar-refractivity contribution in [3.8, 4) is 106 Å². The van der Waals surface area contributed by atoms with E-state index in [4.69, 9.17) is 9.97 Å². The van der Waals surface area contributed by atoms with Crippen LogP contribution >= 0.6 is 0 Å². The van der Waals surface area contributed by atoms with Crippen molar-refractivity contribution < 1.29 is 0 Å². The van der Waals surface area contributed by atoms with Gasteiger partial charge >= 0.3 is 0 Å². The van der Waals surface area contributed by atoms with E-state index in [1.807, 2.05) is 0 Å². The Kier molecular flexibility index (Phi) is 12.9. The first-order valence-corrected chi connectivity index (χ1v) is 38.4. The fraction of sp³-hybridized carbons (Fsp3) is 0.0377. The van der Waals surface area contributed by atoms with Crippen molar-refractivity contribution >= 4 is 60.2 Å². The van der Waals surface area contributed by atoms with E-state index in [9.17, 15) is 0 Å². The van der Waals surface area contributed by atoms with E-state index < -0.39 is 10.8 Å². The van der Waals surface area contributed by atoms with Gasteiger partial charge in [0.25, 0.3) is 0 Å². The maximum atomic E-state index is 5.83. The third-order valence-electron chi connectivity index (χ3n) is 25.1. The molecular weight excluding hydrogens is 1330 g/mol. The van der Waals surface area contributed by atoms with Crippen LogP contribution in [-0.4, -0.2) is 19.1 Å². The molecule has 0 radical (unpaired) electrons. The lowest BCUT2D eigenvalue weighted by Gasteiger charge is -2.35. The summed E-state index contributed by atoms with van der Waals surface area (Å²) in [5.74, 6) is 0. The largest absolute Gasteiger partial charge is 0.333 e. The smallest absolute Gasteiger partial charge is 0.0973 e. The Balaban J connectivity index is 0.683. The highest BCUT2D eigenvalue weighted by molar-refractivity contribution is 6.13. The molecule has 110 heavy (non-hydrogen) atoms. The molecule has 16 aromatic carbocycles. The zero-order valence-electron chi connectivity index (χ0n) is 59.9.